The molecule has 32 heavy (non-hydrogen) atoms. The van der Waals surface area contributed by atoms with E-state index in [2.05, 4.69) is 54.5 Å². The number of anilines is 1. The van der Waals surface area contributed by atoms with Crippen LogP contribution < -0.4 is 19.5 Å². The molecule has 3 aromatic rings. The molecule has 2 aromatic carbocycles. The fourth-order valence-electron chi connectivity index (χ4n) is 3.27. The molecule has 0 unspecified atom stereocenters. The van der Waals surface area contributed by atoms with Crippen LogP contribution in [-0.2, 0) is 6.42 Å². The second kappa shape index (κ2) is 10.7. The first-order valence-corrected chi connectivity index (χ1v) is 11.1. The number of thiazole rings is 1. The summed E-state index contributed by atoms with van der Waals surface area (Å²) < 4.78 is 16.1. The zero-order chi connectivity index (χ0) is 23.1. The third-order valence-electron chi connectivity index (χ3n) is 4.80. The van der Waals surface area contributed by atoms with Crippen LogP contribution >= 0.6 is 11.3 Å². The molecular formula is C25H27N3O3S. The molecule has 166 valence electrons. The van der Waals surface area contributed by atoms with Crippen LogP contribution in [0.15, 0.2) is 48.0 Å². The van der Waals surface area contributed by atoms with Gasteiger partial charge in [0.05, 0.1) is 27.0 Å². The molecule has 0 radical (unpaired) electrons. The number of hydrogen-bond donors (Lipinski definition) is 1. The normalized spacial score (nSPS) is 11.2. The standard InChI is InChI=1S/C25H27N3O3S/c1-16(2)10-17-6-8-18(9-7-17)21-15-32-25(28-21)19(13-26)14-27-20-11-22(29-3)24(31-5)23(12-20)30-4/h6-9,11-12,14-16,27H,10H2,1-5H3. The summed E-state index contributed by atoms with van der Waals surface area (Å²) in [6.45, 7) is 4.42. The van der Waals surface area contributed by atoms with Crippen LogP contribution in [-0.4, -0.2) is 26.3 Å². The summed E-state index contributed by atoms with van der Waals surface area (Å²) in [4.78, 5) is 4.67. The van der Waals surface area contributed by atoms with Gasteiger partial charge in [-0.15, -0.1) is 11.3 Å². The molecule has 0 bridgehead atoms. The number of allylic oxidation sites excluding steroid dienone is 1. The van der Waals surface area contributed by atoms with Crippen LogP contribution in [0.25, 0.3) is 16.8 Å². The largest absolute Gasteiger partial charge is 0.493 e. The van der Waals surface area contributed by atoms with Crippen LogP contribution in [0.5, 0.6) is 17.2 Å². The van der Waals surface area contributed by atoms with Crippen molar-refractivity contribution in [1.29, 1.82) is 5.26 Å². The first kappa shape index (κ1) is 23.2. The minimum Gasteiger partial charge on any atom is -0.493 e. The van der Waals surface area contributed by atoms with Crippen molar-refractivity contribution in [3.05, 3.63) is 58.5 Å². The van der Waals surface area contributed by atoms with Gasteiger partial charge in [0.15, 0.2) is 11.5 Å². The highest BCUT2D eigenvalue weighted by atomic mass is 32.1. The molecular weight excluding hydrogens is 422 g/mol. The molecule has 0 spiro atoms. The summed E-state index contributed by atoms with van der Waals surface area (Å²) in [5, 5.41) is 15.4. The first-order chi connectivity index (χ1) is 15.5. The Labute approximate surface area is 193 Å². The van der Waals surface area contributed by atoms with E-state index in [1.807, 2.05) is 5.38 Å². The van der Waals surface area contributed by atoms with Crippen LogP contribution in [0.1, 0.15) is 24.4 Å². The highest BCUT2D eigenvalue weighted by Crippen LogP contribution is 2.40. The molecule has 6 nitrogen and oxygen atoms in total. The Balaban J connectivity index is 1.81. The molecule has 3 rings (SSSR count). The molecule has 0 aliphatic carbocycles. The number of aromatic nitrogens is 1. The van der Waals surface area contributed by atoms with E-state index in [9.17, 15) is 5.26 Å². The first-order valence-electron chi connectivity index (χ1n) is 10.2. The van der Waals surface area contributed by atoms with E-state index in [4.69, 9.17) is 14.2 Å². The second-order valence-electron chi connectivity index (χ2n) is 7.56. The van der Waals surface area contributed by atoms with E-state index >= 15 is 0 Å². The highest BCUT2D eigenvalue weighted by molar-refractivity contribution is 7.11. The summed E-state index contributed by atoms with van der Waals surface area (Å²) in [5.41, 5.74) is 4.34. The average molecular weight is 450 g/mol. The monoisotopic (exact) mass is 449 g/mol. The van der Waals surface area contributed by atoms with Crippen molar-refractivity contribution in [1.82, 2.24) is 4.98 Å². The molecule has 0 fully saturated rings. The number of hydrogen-bond acceptors (Lipinski definition) is 7. The van der Waals surface area contributed by atoms with Crippen molar-refractivity contribution in [3.63, 3.8) is 0 Å². The fraction of sp³-hybridized carbons (Fsp3) is 0.280. The zero-order valence-electron chi connectivity index (χ0n) is 18.9. The van der Waals surface area contributed by atoms with Gasteiger partial charge in [0.1, 0.15) is 16.6 Å². The number of nitrogens with zero attached hydrogens (tertiary/aromatic N) is 2. The Morgan fingerprint density at radius 2 is 1.75 bits per heavy atom. The van der Waals surface area contributed by atoms with Crippen molar-refractivity contribution in [3.8, 4) is 34.6 Å². The smallest absolute Gasteiger partial charge is 0.203 e. The number of benzene rings is 2. The van der Waals surface area contributed by atoms with Gasteiger partial charge < -0.3 is 19.5 Å². The topological polar surface area (TPSA) is 76.4 Å². The van der Waals surface area contributed by atoms with Crippen LogP contribution in [0.4, 0.5) is 5.69 Å². The van der Waals surface area contributed by atoms with Crippen molar-refractivity contribution in [2.75, 3.05) is 26.6 Å². The van der Waals surface area contributed by atoms with Gasteiger partial charge in [-0.3, -0.25) is 0 Å². The van der Waals surface area contributed by atoms with E-state index in [-0.39, 0.29) is 0 Å². The minimum absolute atomic E-state index is 0.437. The molecule has 1 aromatic heterocycles. The van der Waals surface area contributed by atoms with Gasteiger partial charge in [-0.1, -0.05) is 38.1 Å². The predicted octanol–water partition coefficient (Wildman–Crippen LogP) is 6.01. The maximum absolute atomic E-state index is 9.68. The molecule has 0 atom stereocenters. The third kappa shape index (κ3) is 5.40. The second-order valence-corrected chi connectivity index (χ2v) is 8.42. The summed E-state index contributed by atoms with van der Waals surface area (Å²) in [5.74, 6) is 2.18. The lowest BCUT2D eigenvalue weighted by molar-refractivity contribution is 0.324. The van der Waals surface area contributed by atoms with Gasteiger partial charge in [-0.2, -0.15) is 5.26 Å². The Morgan fingerprint density at radius 1 is 1.09 bits per heavy atom. The van der Waals surface area contributed by atoms with Gasteiger partial charge >= 0.3 is 0 Å². The summed E-state index contributed by atoms with van der Waals surface area (Å²) in [6.07, 6.45) is 2.69. The lowest BCUT2D eigenvalue weighted by Crippen LogP contribution is -1.98. The van der Waals surface area contributed by atoms with Crippen LogP contribution in [0, 0.1) is 17.2 Å². The highest BCUT2D eigenvalue weighted by Gasteiger charge is 2.14. The maximum Gasteiger partial charge on any atom is 0.203 e. The number of nitriles is 1. The average Bonchev–Trinajstić information content (AvgIpc) is 3.28. The summed E-state index contributed by atoms with van der Waals surface area (Å²) >= 11 is 1.44. The summed E-state index contributed by atoms with van der Waals surface area (Å²) in [6, 6.07) is 14.2. The van der Waals surface area contributed by atoms with E-state index in [0.717, 1.165) is 17.7 Å². The van der Waals surface area contributed by atoms with E-state index < -0.39 is 0 Å². The van der Waals surface area contributed by atoms with Gasteiger partial charge in [-0.25, -0.2) is 4.98 Å². The van der Waals surface area contributed by atoms with E-state index in [1.165, 1.54) is 16.9 Å². The molecule has 7 heteroatoms. The van der Waals surface area contributed by atoms with Gasteiger partial charge in [0, 0.05) is 35.0 Å². The van der Waals surface area contributed by atoms with Crippen molar-refractivity contribution in [2.45, 2.75) is 20.3 Å². The fourth-order valence-corrected chi connectivity index (χ4v) is 4.07. The Kier molecular flexibility index (Phi) is 7.74. The predicted molar refractivity (Wildman–Crippen MR) is 129 cm³/mol. The van der Waals surface area contributed by atoms with Gasteiger partial charge in [0.25, 0.3) is 0 Å². The Morgan fingerprint density at radius 3 is 2.28 bits per heavy atom. The number of methoxy groups -OCH3 is 3. The molecule has 0 aliphatic rings. The lowest BCUT2D eigenvalue weighted by atomic mass is 10.0. The van der Waals surface area contributed by atoms with Gasteiger partial charge in [-0.05, 0) is 17.9 Å². The number of nitrogens with one attached hydrogen (secondary N) is 1. The van der Waals surface area contributed by atoms with Crippen LogP contribution in [0.2, 0.25) is 0 Å². The zero-order valence-corrected chi connectivity index (χ0v) is 19.7. The molecule has 1 N–H and O–H groups in total. The maximum atomic E-state index is 9.68. The molecule has 0 aliphatic heterocycles. The lowest BCUT2D eigenvalue weighted by Gasteiger charge is -2.14. The SMILES string of the molecule is COc1cc(NC=C(C#N)c2nc(-c3ccc(CC(C)C)cc3)cs2)cc(OC)c1OC. The van der Waals surface area contributed by atoms with Gasteiger partial charge in [0.2, 0.25) is 5.75 Å². The van der Waals surface area contributed by atoms with Crippen molar-refractivity contribution in [2.24, 2.45) is 5.92 Å². The number of ether oxygens (including phenoxy) is 3. The van der Waals surface area contributed by atoms with Crippen molar-refractivity contribution >= 4 is 22.6 Å². The van der Waals surface area contributed by atoms with Crippen molar-refractivity contribution < 1.29 is 14.2 Å². The minimum atomic E-state index is 0.437. The quantitative estimate of drug-likeness (QED) is 0.403. The third-order valence-corrected chi connectivity index (χ3v) is 5.67. The van der Waals surface area contributed by atoms with E-state index in [0.29, 0.717) is 39.4 Å². The molecule has 1 heterocycles. The molecule has 0 saturated carbocycles. The molecule has 0 saturated heterocycles. The molecule has 0 amide bonds. The Bertz CT molecular complexity index is 1100. The Hall–Kier alpha value is -3.50. The number of rotatable bonds is 9. The van der Waals surface area contributed by atoms with E-state index in [1.54, 1.807) is 39.7 Å². The summed E-state index contributed by atoms with van der Waals surface area (Å²) in [7, 11) is 4.67. The van der Waals surface area contributed by atoms with Crippen LogP contribution in [0.3, 0.4) is 0 Å².